The van der Waals surface area contributed by atoms with Crippen molar-refractivity contribution < 1.29 is 9.21 Å². The molecule has 0 saturated heterocycles. The summed E-state index contributed by atoms with van der Waals surface area (Å²) in [6.07, 6.45) is 15.0. The molecule has 138 valence electrons. The number of nitrogens with two attached hydrogens (primary N) is 1. The molecule has 0 saturated carbocycles. The molecule has 1 aromatic rings. The predicted octanol–water partition coefficient (Wildman–Crippen LogP) is 4.74. The number of carbonyl (C=O) groups excluding carboxylic acids is 1. The van der Waals surface area contributed by atoms with Crippen LogP contribution in [-0.2, 0) is 0 Å². The first kappa shape index (κ1) is 20.7. The molecule has 0 fully saturated rings. The first-order chi connectivity index (χ1) is 11.7. The van der Waals surface area contributed by atoms with Crippen LogP contribution in [0.3, 0.4) is 0 Å². The molecule has 1 amide bonds. The normalized spacial score (nSPS) is 12.3. The summed E-state index contributed by atoms with van der Waals surface area (Å²) in [4.78, 5) is 16.1. The van der Waals surface area contributed by atoms with Gasteiger partial charge in [-0.2, -0.15) is 0 Å². The Morgan fingerprint density at radius 2 is 1.67 bits per heavy atom. The Hall–Kier alpha value is -1.36. The zero-order chi connectivity index (χ0) is 17.6. The van der Waals surface area contributed by atoms with Crippen LogP contribution in [0.4, 0.5) is 0 Å². The number of aromatic nitrogens is 1. The number of carbonyl (C=O) groups is 1. The summed E-state index contributed by atoms with van der Waals surface area (Å²) in [5, 5.41) is 2.89. The van der Waals surface area contributed by atoms with E-state index in [1.54, 1.807) is 0 Å². The van der Waals surface area contributed by atoms with Gasteiger partial charge in [-0.3, -0.25) is 4.79 Å². The molecule has 1 rings (SSSR count). The third kappa shape index (κ3) is 8.48. The Bertz CT molecular complexity index is 446. The minimum atomic E-state index is -0.242. The van der Waals surface area contributed by atoms with Crippen molar-refractivity contribution >= 4 is 5.91 Å². The van der Waals surface area contributed by atoms with E-state index in [1.165, 1.54) is 64.1 Å². The quantitative estimate of drug-likeness (QED) is 0.481. The van der Waals surface area contributed by atoms with Gasteiger partial charge in [0.25, 0.3) is 5.91 Å². The molecular formula is C19H35N3O2. The summed E-state index contributed by atoms with van der Waals surface area (Å²) in [5.41, 5.74) is 6.15. The van der Waals surface area contributed by atoms with Gasteiger partial charge in [-0.25, -0.2) is 4.98 Å². The molecule has 24 heavy (non-hydrogen) atoms. The summed E-state index contributed by atoms with van der Waals surface area (Å²) in [6, 6.07) is -0.242. The van der Waals surface area contributed by atoms with Gasteiger partial charge in [0.05, 0.1) is 6.04 Å². The van der Waals surface area contributed by atoms with Crippen LogP contribution in [0.5, 0.6) is 0 Å². The SMILES string of the molecule is CCCCCCCCCCCCNC(=O)c1coc(C(N)CC)n1. The lowest BCUT2D eigenvalue weighted by atomic mass is 10.1. The van der Waals surface area contributed by atoms with Crippen LogP contribution in [0, 0.1) is 0 Å². The molecule has 5 heteroatoms. The Labute approximate surface area is 146 Å². The lowest BCUT2D eigenvalue weighted by molar-refractivity contribution is 0.0948. The number of nitrogens with one attached hydrogen (secondary N) is 1. The van der Waals surface area contributed by atoms with Crippen LogP contribution in [0.2, 0.25) is 0 Å². The summed E-state index contributed by atoms with van der Waals surface area (Å²) in [6.45, 7) is 4.90. The van der Waals surface area contributed by atoms with Crippen molar-refractivity contribution in [2.45, 2.75) is 90.5 Å². The van der Waals surface area contributed by atoms with Gasteiger partial charge in [0.2, 0.25) is 5.89 Å². The molecule has 1 heterocycles. The third-order valence-electron chi connectivity index (χ3n) is 4.33. The van der Waals surface area contributed by atoms with Crippen molar-refractivity contribution in [2.24, 2.45) is 5.73 Å². The minimum Gasteiger partial charge on any atom is -0.446 e. The average Bonchev–Trinajstić information content (AvgIpc) is 3.09. The molecule has 5 nitrogen and oxygen atoms in total. The topological polar surface area (TPSA) is 81.2 Å². The van der Waals surface area contributed by atoms with Gasteiger partial charge in [0.15, 0.2) is 5.69 Å². The maximum absolute atomic E-state index is 12.0. The van der Waals surface area contributed by atoms with Gasteiger partial charge in [-0.1, -0.05) is 71.6 Å². The van der Waals surface area contributed by atoms with E-state index in [1.807, 2.05) is 6.92 Å². The minimum absolute atomic E-state index is 0.177. The highest BCUT2D eigenvalue weighted by Crippen LogP contribution is 2.13. The van der Waals surface area contributed by atoms with Crippen LogP contribution >= 0.6 is 0 Å². The van der Waals surface area contributed by atoms with Crippen molar-refractivity contribution in [1.82, 2.24) is 10.3 Å². The fraction of sp³-hybridized carbons (Fsp3) is 0.789. The number of rotatable bonds is 14. The highest BCUT2D eigenvalue weighted by atomic mass is 16.3. The van der Waals surface area contributed by atoms with Crippen LogP contribution in [0.15, 0.2) is 10.7 Å². The van der Waals surface area contributed by atoms with E-state index in [9.17, 15) is 4.79 Å². The van der Waals surface area contributed by atoms with Gasteiger partial charge >= 0.3 is 0 Å². The van der Waals surface area contributed by atoms with E-state index in [-0.39, 0.29) is 11.9 Å². The molecule has 1 aromatic heterocycles. The summed E-state index contributed by atoms with van der Waals surface area (Å²) < 4.78 is 5.25. The summed E-state index contributed by atoms with van der Waals surface area (Å²) in [7, 11) is 0. The number of hydrogen-bond acceptors (Lipinski definition) is 4. The second-order valence-corrected chi connectivity index (χ2v) is 6.52. The van der Waals surface area contributed by atoms with Crippen molar-refractivity contribution in [3.63, 3.8) is 0 Å². The van der Waals surface area contributed by atoms with Gasteiger partial charge in [-0.05, 0) is 12.8 Å². The molecule has 1 atom stereocenters. The van der Waals surface area contributed by atoms with E-state index in [4.69, 9.17) is 10.2 Å². The molecule has 3 N–H and O–H groups in total. The molecule has 0 aliphatic rings. The van der Waals surface area contributed by atoms with Crippen molar-refractivity contribution in [3.8, 4) is 0 Å². The van der Waals surface area contributed by atoms with Gasteiger partial charge in [0.1, 0.15) is 6.26 Å². The molecule has 0 bridgehead atoms. The van der Waals surface area contributed by atoms with E-state index in [0.717, 1.165) is 12.8 Å². The molecule has 0 aromatic carbocycles. The number of hydrogen-bond donors (Lipinski definition) is 2. The zero-order valence-corrected chi connectivity index (χ0v) is 15.5. The first-order valence-corrected chi connectivity index (χ1v) is 9.68. The molecule has 1 unspecified atom stereocenters. The Morgan fingerprint density at radius 3 is 2.25 bits per heavy atom. The average molecular weight is 338 g/mol. The van der Waals surface area contributed by atoms with Gasteiger partial charge < -0.3 is 15.5 Å². The number of unbranched alkanes of at least 4 members (excludes halogenated alkanes) is 9. The third-order valence-corrected chi connectivity index (χ3v) is 4.33. The summed E-state index contributed by atoms with van der Waals surface area (Å²) in [5.74, 6) is 0.255. The lowest BCUT2D eigenvalue weighted by Gasteiger charge is -2.04. The highest BCUT2D eigenvalue weighted by molar-refractivity contribution is 5.91. The maximum Gasteiger partial charge on any atom is 0.273 e. The standard InChI is InChI=1S/C19H35N3O2/c1-3-5-6-7-8-9-10-11-12-13-14-21-18(23)17-15-24-19(22-17)16(20)4-2/h15-16H,3-14,20H2,1-2H3,(H,21,23). The number of nitrogens with zero attached hydrogens (tertiary/aromatic N) is 1. The van der Waals surface area contributed by atoms with E-state index < -0.39 is 0 Å². The first-order valence-electron chi connectivity index (χ1n) is 9.68. The predicted molar refractivity (Wildman–Crippen MR) is 97.9 cm³/mol. The molecule has 0 aliphatic carbocycles. The molecule has 0 radical (unpaired) electrons. The smallest absolute Gasteiger partial charge is 0.273 e. The van der Waals surface area contributed by atoms with Crippen LogP contribution in [0.1, 0.15) is 107 Å². The number of amides is 1. The number of oxazole rings is 1. The maximum atomic E-state index is 12.0. The monoisotopic (exact) mass is 337 g/mol. The van der Waals surface area contributed by atoms with Crippen molar-refractivity contribution in [3.05, 3.63) is 17.8 Å². The fourth-order valence-corrected chi connectivity index (χ4v) is 2.64. The zero-order valence-electron chi connectivity index (χ0n) is 15.5. The van der Waals surface area contributed by atoms with Crippen LogP contribution < -0.4 is 11.1 Å². The lowest BCUT2D eigenvalue weighted by Crippen LogP contribution is -2.25. The summed E-state index contributed by atoms with van der Waals surface area (Å²) >= 11 is 0. The van der Waals surface area contributed by atoms with Crippen molar-refractivity contribution in [2.75, 3.05) is 6.54 Å². The van der Waals surface area contributed by atoms with E-state index >= 15 is 0 Å². The van der Waals surface area contributed by atoms with Crippen LogP contribution in [-0.4, -0.2) is 17.4 Å². The fourth-order valence-electron chi connectivity index (χ4n) is 2.64. The molecular weight excluding hydrogens is 302 g/mol. The van der Waals surface area contributed by atoms with Crippen LogP contribution in [0.25, 0.3) is 0 Å². The Balaban J connectivity index is 2.01. The largest absolute Gasteiger partial charge is 0.446 e. The van der Waals surface area contributed by atoms with E-state index in [0.29, 0.717) is 18.1 Å². The van der Waals surface area contributed by atoms with Gasteiger partial charge in [-0.15, -0.1) is 0 Å². The Kier molecular flexibility index (Phi) is 11.2. The van der Waals surface area contributed by atoms with E-state index in [2.05, 4.69) is 17.2 Å². The second kappa shape index (κ2) is 13.0. The highest BCUT2D eigenvalue weighted by Gasteiger charge is 2.15. The molecule has 0 aliphatic heterocycles. The van der Waals surface area contributed by atoms with Crippen molar-refractivity contribution in [1.29, 1.82) is 0 Å². The second-order valence-electron chi connectivity index (χ2n) is 6.52. The molecule has 0 spiro atoms. The van der Waals surface area contributed by atoms with Gasteiger partial charge in [0, 0.05) is 6.54 Å². The Morgan fingerprint density at radius 1 is 1.08 bits per heavy atom.